The predicted molar refractivity (Wildman–Crippen MR) is 122 cm³/mol. The summed E-state index contributed by atoms with van der Waals surface area (Å²) in [6, 6.07) is 9.80. The van der Waals surface area contributed by atoms with Crippen molar-refractivity contribution in [2.75, 3.05) is 26.2 Å². The number of carboxylic acids is 1. The molecule has 0 aromatic heterocycles. The van der Waals surface area contributed by atoms with Crippen molar-refractivity contribution in [3.63, 3.8) is 0 Å². The van der Waals surface area contributed by atoms with E-state index in [1.165, 1.54) is 5.56 Å². The van der Waals surface area contributed by atoms with E-state index in [0.29, 0.717) is 35.6 Å². The molecule has 2 aliphatic rings. The van der Waals surface area contributed by atoms with Crippen LogP contribution in [0.25, 0.3) is 0 Å². The Morgan fingerprint density at radius 1 is 1.29 bits per heavy atom. The van der Waals surface area contributed by atoms with Gasteiger partial charge < -0.3 is 19.5 Å². The van der Waals surface area contributed by atoms with Gasteiger partial charge in [-0.1, -0.05) is 42.3 Å². The summed E-state index contributed by atoms with van der Waals surface area (Å²) in [5, 5.41) is 10.3. The number of hydrogen-bond donors (Lipinski definition) is 1. The van der Waals surface area contributed by atoms with Gasteiger partial charge in [-0.15, -0.1) is 0 Å². The largest absolute Gasteiger partial charge is 0.492 e. The molecule has 1 unspecified atom stereocenters. The maximum Gasteiger partial charge on any atom is 0.304 e. The van der Waals surface area contributed by atoms with E-state index in [2.05, 4.69) is 17.9 Å². The molecule has 7 heteroatoms. The van der Waals surface area contributed by atoms with E-state index in [1.54, 1.807) is 0 Å². The van der Waals surface area contributed by atoms with E-state index < -0.39 is 5.97 Å². The molecule has 31 heavy (non-hydrogen) atoms. The highest BCUT2D eigenvalue weighted by Gasteiger charge is 2.43. The normalized spacial score (nSPS) is 20.5. The van der Waals surface area contributed by atoms with Crippen LogP contribution in [-0.4, -0.2) is 42.2 Å². The van der Waals surface area contributed by atoms with Crippen LogP contribution in [0.4, 0.5) is 0 Å². The molecule has 1 saturated heterocycles. The zero-order valence-corrected chi connectivity index (χ0v) is 19.1. The van der Waals surface area contributed by atoms with Crippen LogP contribution >= 0.6 is 23.2 Å². The first kappa shape index (κ1) is 22.3. The van der Waals surface area contributed by atoms with E-state index in [9.17, 15) is 4.79 Å². The summed E-state index contributed by atoms with van der Waals surface area (Å²) in [4.78, 5) is 13.2. The highest BCUT2D eigenvalue weighted by atomic mass is 35.5. The number of fused-ring (bicyclic) bond motifs is 2. The Balaban J connectivity index is 1.47. The number of hydrogen-bond acceptors (Lipinski definition) is 4. The van der Waals surface area contributed by atoms with Crippen molar-refractivity contribution in [2.24, 2.45) is 0 Å². The Morgan fingerprint density at radius 3 is 2.90 bits per heavy atom. The number of aliphatic carboxylic acids is 1. The fourth-order valence-corrected chi connectivity index (χ4v) is 5.27. The predicted octanol–water partition coefficient (Wildman–Crippen LogP) is 5.34. The number of likely N-dealkylation sites (tertiary alicyclic amines) is 1. The zero-order valence-electron chi connectivity index (χ0n) is 17.6. The molecule has 1 fully saturated rings. The number of ether oxygens (including phenoxy) is 2. The number of nitrogens with zero attached hydrogens (tertiary/aromatic N) is 1. The first-order chi connectivity index (χ1) is 14.9. The second kappa shape index (κ2) is 9.27. The van der Waals surface area contributed by atoms with Gasteiger partial charge in [0.05, 0.1) is 18.1 Å². The van der Waals surface area contributed by atoms with Crippen molar-refractivity contribution in [1.29, 1.82) is 0 Å². The number of halogens is 2. The molecule has 166 valence electrons. The van der Waals surface area contributed by atoms with Crippen LogP contribution in [-0.2, 0) is 23.2 Å². The number of carboxylic acid groups (broad SMARTS) is 1. The van der Waals surface area contributed by atoms with E-state index >= 15 is 0 Å². The number of carbonyl (C=O) groups is 1. The quantitative estimate of drug-likeness (QED) is 0.600. The van der Waals surface area contributed by atoms with Gasteiger partial charge in [-0.3, -0.25) is 4.79 Å². The van der Waals surface area contributed by atoms with Crippen molar-refractivity contribution in [3.05, 3.63) is 57.1 Å². The summed E-state index contributed by atoms with van der Waals surface area (Å²) in [5.74, 6) is 0.801. The van der Waals surface area contributed by atoms with Crippen molar-refractivity contribution in [2.45, 2.75) is 44.6 Å². The van der Waals surface area contributed by atoms with E-state index in [4.69, 9.17) is 37.8 Å². The molecule has 1 N–H and O–H groups in total. The maximum atomic E-state index is 11.0. The molecular formula is C24H27Cl2NO4. The standard InChI is InChI=1S/C24H27Cl2NO4/c1-2-16-4-7-20(25)18(23(16)26)13-30-17-5-6-19-21(12-17)31-15-24(19)9-3-10-27(14-24)11-8-22(28)29/h4-7,12H,2-3,8-11,13-15H2,1H3,(H,28,29). The lowest BCUT2D eigenvalue weighted by Gasteiger charge is -2.39. The molecule has 2 aromatic carbocycles. The lowest BCUT2D eigenvalue weighted by atomic mass is 9.75. The fraction of sp³-hybridized carbons (Fsp3) is 0.458. The summed E-state index contributed by atoms with van der Waals surface area (Å²) < 4.78 is 12.1. The summed E-state index contributed by atoms with van der Waals surface area (Å²) in [5.41, 5.74) is 2.95. The molecule has 2 aromatic rings. The van der Waals surface area contributed by atoms with Gasteiger partial charge in [-0.2, -0.15) is 0 Å². The SMILES string of the molecule is CCc1ccc(Cl)c(COc2ccc3c(c2)OCC32CCCN(CCC(=O)O)C2)c1Cl. The van der Waals surface area contributed by atoms with Crippen LogP contribution < -0.4 is 9.47 Å². The summed E-state index contributed by atoms with van der Waals surface area (Å²) in [7, 11) is 0. The third-order valence-corrected chi connectivity index (χ3v) is 7.18. The Kier molecular flexibility index (Phi) is 6.65. The van der Waals surface area contributed by atoms with Gasteiger partial charge in [-0.25, -0.2) is 0 Å². The minimum atomic E-state index is -0.755. The molecule has 0 aliphatic carbocycles. The lowest BCUT2D eigenvalue weighted by molar-refractivity contribution is -0.137. The molecule has 2 heterocycles. The molecule has 0 saturated carbocycles. The molecule has 0 bridgehead atoms. The minimum absolute atomic E-state index is 0.0767. The second-order valence-corrected chi connectivity index (χ2v) is 9.18. The average Bonchev–Trinajstić information content (AvgIpc) is 3.09. The van der Waals surface area contributed by atoms with Gasteiger partial charge in [0.25, 0.3) is 0 Å². The monoisotopic (exact) mass is 463 g/mol. The van der Waals surface area contributed by atoms with Crippen LogP contribution in [0.15, 0.2) is 30.3 Å². The Morgan fingerprint density at radius 2 is 2.13 bits per heavy atom. The van der Waals surface area contributed by atoms with E-state index in [1.807, 2.05) is 24.3 Å². The first-order valence-corrected chi connectivity index (χ1v) is 11.5. The number of piperidine rings is 1. The van der Waals surface area contributed by atoms with Gasteiger partial charge in [0.1, 0.15) is 18.1 Å². The number of aryl methyl sites for hydroxylation is 1. The molecule has 0 radical (unpaired) electrons. The molecule has 5 nitrogen and oxygen atoms in total. The van der Waals surface area contributed by atoms with Crippen LogP contribution in [0.5, 0.6) is 11.5 Å². The molecule has 1 atom stereocenters. The third kappa shape index (κ3) is 4.64. The van der Waals surface area contributed by atoms with E-state index in [0.717, 1.165) is 49.2 Å². The Bertz CT molecular complexity index is 980. The first-order valence-electron chi connectivity index (χ1n) is 10.7. The molecule has 1 spiro atoms. The topological polar surface area (TPSA) is 59.0 Å². The average molecular weight is 464 g/mol. The molecule has 4 rings (SSSR count). The highest BCUT2D eigenvalue weighted by Crippen LogP contribution is 2.45. The van der Waals surface area contributed by atoms with Crippen molar-refractivity contribution in [1.82, 2.24) is 4.90 Å². The summed E-state index contributed by atoms with van der Waals surface area (Å²) in [6.45, 7) is 5.30. The number of benzene rings is 2. The molecule has 0 amide bonds. The zero-order chi connectivity index (χ0) is 22.0. The fourth-order valence-electron chi connectivity index (χ4n) is 4.66. The van der Waals surface area contributed by atoms with Crippen LogP contribution in [0, 0.1) is 0 Å². The van der Waals surface area contributed by atoms with Crippen LogP contribution in [0.2, 0.25) is 10.0 Å². The second-order valence-electron chi connectivity index (χ2n) is 8.39. The van der Waals surface area contributed by atoms with Crippen molar-refractivity contribution in [3.8, 4) is 11.5 Å². The maximum absolute atomic E-state index is 11.0. The Hall–Kier alpha value is -1.95. The third-order valence-electron chi connectivity index (χ3n) is 6.36. The summed E-state index contributed by atoms with van der Waals surface area (Å²) >= 11 is 12.8. The van der Waals surface area contributed by atoms with Gasteiger partial charge >= 0.3 is 5.97 Å². The smallest absolute Gasteiger partial charge is 0.304 e. The van der Waals surface area contributed by atoms with Gasteiger partial charge in [-0.05, 0) is 43.5 Å². The summed E-state index contributed by atoms with van der Waals surface area (Å²) in [6.07, 6.45) is 3.08. The lowest BCUT2D eigenvalue weighted by Crippen LogP contribution is -2.47. The van der Waals surface area contributed by atoms with Gasteiger partial charge in [0, 0.05) is 40.7 Å². The molecular weight excluding hydrogens is 437 g/mol. The minimum Gasteiger partial charge on any atom is -0.492 e. The van der Waals surface area contributed by atoms with Crippen molar-refractivity contribution >= 4 is 29.2 Å². The van der Waals surface area contributed by atoms with Gasteiger partial charge in [0.15, 0.2) is 0 Å². The van der Waals surface area contributed by atoms with Crippen LogP contribution in [0.1, 0.15) is 42.9 Å². The van der Waals surface area contributed by atoms with Crippen LogP contribution in [0.3, 0.4) is 0 Å². The molecule has 2 aliphatic heterocycles. The number of rotatable bonds is 7. The highest BCUT2D eigenvalue weighted by molar-refractivity contribution is 6.36. The Labute approximate surface area is 192 Å². The van der Waals surface area contributed by atoms with E-state index in [-0.39, 0.29) is 11.8 Å². The van der Waals surface area contributed by atoms with Crippen molar-refractivity contribution < 1.29 is 19.4 Å². The van der Waals surface area contributed by atoms with Gasteiger partial charge in [0.2, 0.25) is 0 Å².